The number of carbonyl (C=O) groups is 2. The van der Waals surface area contributed by atoms with Crippen LogP contribution in [0.1, 0.15) is 30.0 Å². The molecule has 1 aliphatic rings. The third-order valence-electron chi connectivity index (χ3n) is 3.10. The molecule has 1 amide bonds. The van der Waals surface area contributed by atoms with Gasteiger partial charge in [0.1, 0.15) is 6.04 Å². The minimum atomic E-state index is -0.925. The van der Waals surface area contributed by atoms with Crippen LogP contribution >= 0.6 is 11.3 Å². The van der Waals surface area contributed by atoms with Crippen LogP contribution < -0.4 is 0 Å². The molecule has 19 heavy (non-hydrogen) atoms. The van der Waals surface area contributed by atoms with Gasteiger partial charge in [-0.15, -0.1) is 11.3 Å². The number of carbonyl (C=O) groups excluding carboxylic acids is 1. The summed E-state index contributed by atoms with van der Waals surface area (Å²) in [7, 11) is 0. The van der Waals surface area contributed by atoms with Crippen LogP contribution in [0.25, 0.3) is 6.08 Å². The summed E-state index contributed by atoms with van der Waals surface area (Å²) in [5.74, 6) is -1.18. The number of aromatic nitrogens is 1. The van der Waals surface area contributed by atoms with E-state index in [4.69, 9.17) is 5.11 Å². The van der Waals surface area contributed by atoms with Crippen LogP contribution in [0.4, 0.5) is 0 Å². The normalized spacial score (nSPS) is 19.8. The highest BCUT2D eigenvalue weighted by molar-refractivity contribution is 7.09. The highest BCUT2D eigenvalue weighted by atomic mass is 32.1. The number of thiazole rings is 1. The molecular formula is C13H16N2O3S. The van der Waals surface area contributed by atoms with E-state index in [9.17, 15) is 9.59 Å². The van der Waals surface area contributed by atoms with Crippen molar-refractivity contribution in [2.75, 3.05) is 6.54 Å². The Morgan fingerprint density at radius 3 is 2.95 bits per heavy atom. The smallest absolute Gasteiger partial charge is 0.326 e. The van der Waals surface area contributed by atoms with Crippen molar-refractivity contribution >= 4 is 29.3 Å². The molecule has 0 aromatic carbocycles. The first kappa shape index (κ1) is 13.7. The Morgan fingerprint density at radius 2 is 2.32 bits per heavy atom. The van der Waals surface area contributed by atoms with Crippen molar-refractivity contribution < 1.29 is 14.7 Å². The topological polar surface area (TPSA) is 70.5 Å². The molecule has 0 bridgehead atoms. The van der Waals surface area contributed by atoms with Crippen molar-refractivity contribution in [3.05, 3.63) is 22.2 Å². The van der Waals surface area contributed by atoms with Gasteiger partial charge in [-0.05, 0) is 32.3 Å². The third kappa shape index (κ3) is 3.41. The summed E-state index contributed by atoms with van der Waals surface area (Å²) in [6.45, 7) is 2.41. The van der Waals surface area contributed by atoms with Crippen molar-refractivity contribution in [3.8, 4) is 0 Å². The van der Waals surface area contributed by atoms with Gasteiger partial charge in [-0.3, -0.25) is 4.79 Å². The number of carboxylic acids is 1. The van der Waals surface area contributed by atoms with Crippen LogP contribution in [-0.2, 0) is 9.59 Å². The largest absolute Gasteiger partial charge is 0.480 e. The summed E-state index contributed by atoms with van der Waals surface area (Å²) >= 11 is 1.52. The average molecular weight is 280 g/mol. The molecule has 0 aliphatic carbocycles. The Labute approximate surface area is 115 Å². The van der Waals surface area contributed by atoms with Gasteiger partial charge in [0.2, 0.25) is 5.91 Å². The molecule has 1 aromatic rings. The van der Waals surface area contributed by atoms with Crippen molar-refractivity contribution in [1.29, 1.82) is 0 Å². The minimum absolute atomic E-state index is 0.252. The first-order valence-electron chi connectivity index (χ1n) is 6.21. The van der Waals surface area contributed by atoms with Gasteiger partial charge in [-0.2, -0.15) is 0 Å². The molecule has 1 aromatic heterocycles. The molecule has 1 N–H and O–H groups in total. The summed E-state index contributed by atoms with van der Waals surface area (Å²) in [6, 6.07) is -0.692. The molecule has 1 atom stereocenters. The van der Waals surface area contributed by atoms with Crippen LogP contribution in [0.2, 0.25) is 0 Å². The number of hydrogen-bond donors (Lipinski definition) is 1. The number of aliphatic carboxylic acids is 1. The fraction of sp³-hybridized carbons (Fsp3) is 0.462. The van der Waals surface area contributed by atoms with E-state index in [-0.39, 0.29) is 5.91 Å². The average Bonchev–Trinajstić information content (AvgIpc) is 2.81. The molecule has 0 saturated carbocycles. The van der Waals surface area contributed by atoms with Crippen LogP contribution in [-0.4, -0.2) is 39.5 Å². The van der Waals surface area contributed by atoms with Gasteiger partial charge in [-0.1, -0.05) is 0 Å². The van der Waals surface area contributed by atoms with E-state index in [1.807, 2.05) is 12.3 Å². The maximum atomic E-state index is 12.0. The second kappa shape index (κ2) is 5.97. The third-order valence-corrected chi connectivity index (χ3v) is 3.90. The van der Waals surface area contributed by atoms with Gasteiger partial charge < -0.3 is 10.0 Å². The number of aryl methyl sites for hydroxylation is 1. The van der Waals surface area contributed by atoms with Crippen molar-refractivity contribution in [2.24, 2.45) is 0 Å². The van der Waals surface area contributed by atoms with Crippen LogP contribution in [0, 0.1) is 6.92 Å². The van der Waals surface area contributed by atoms with Gasteiger partial charge >= 0.3 is 5.97 Å². The first-order chi connectivity index (χ1) is 9.08. The van der Waals surface area contributed by atoms with Crippen LogP contribution in [0.15, 0.2) is 11.5 Å². The molecule has 5 nitrogen and oxygen atoms in total. The molecule has 2 rings (SSSR count). The summed E-state index contributed by atoms with van der Waals surface area (Å²) in [5.41, 5.74) is 0.736. The number of hydrogen-bond acceptors (Lipinski definition) is 4. The van der Waals surface area contributed by atoms with E-state index < -0.39 is 12.0 Å². The lowest BCUT2D eigenvalue weighted by Crippen LogP contribution is -2.47. The van der Waals surface area contributed by atoms with Gasteiger partial charge in [-0.25, -0.2) is 9.78 Å². The number of likely N-dealkylation sites (tertiary alicyclic amines) is 1. The highest BCUT2D eigenvalue weighted by Crippen LogP contribution is 2.18. The van der Waals surface area contributed by atoms with E-state index >= 15 is 0 Å². The van der Waals surface area contributed by atoms with Gasteiger partial charge in [0.25, 0.3) is 0 Å². The Balaban J connectivity index is 2.05. The first-order valence-corrected chi connectivity index (χ1v) is 7.09. The van der Waals surface area contributed by atoms with Gasteiger partial charge in [0, 0.05) is 18.0 Å². The van der Waals surface area contributed by atoms with E-state index in [1.165, 1.54) is 22.3 Å². The van der Waals surface area contributed by atoms with E-state index in [0.717, 1.165) is 23.5 Å². The fourth-order valence-electron chi connectivity index (χ4n) is 2.16. The maximum absolute atomic E-state index is 12.0. The fourth-order valence-corrected chi connectivity index (χ4v) is 2.74. The summed E-state index contributed by atoms with van der Waals surface area (Å²) in [5, 5.41) is 11.9. The predicted molar refractivity (Wildman–Crippen MR) is 72.9 cm³/mol. The van der Waals surface area contributed by atoms with E-state index in [0.29, 0.717) is 13.0 Å². The highest BCUT2D eigenvalue weighted by Gasteiger charge is 2.30. The second-order valence-electron chi connectivity index (χ2n) is 4.51. The Hall–Kier alpha value is -1.69. The lowest BCUT2D eigenvalue weighted by molar-refractivity contribution is -0.150. The molecule has 0 radical (unpaired) electrons. The lowest BCUT2D eigenvalue weighted by Gasteiger charge is -2.32. The molecule has 0 spiro atoms. The predicted octanol–water partition coefficient (Wildman–Crippen LogP) is 1.93. The molecule has 1 fully saturated rings. The molecule has 2 heterocycles. The zero-order valence-electron chi connectivity index (χ0n) is 10.7. The maximum Gasteiger partial charge on any atom is 0.326 e. The number of nitrogens with zero attached hydrogens (tertiary/aromatic N) is 2. The molecular weight excluding hydrogens is 264 g/mol. The van der Waals surface area contributed by atoms with Crippen molar-refractivity contribution in [1.82, 2.24) is 9.88 Å². The zero-order valence-corrected chi connectivity index (χ0v) is 11.5. The zero-order chi connectivity index (χ0) is 13.8. The number of amides is 1. The molecule has 6 heteroatoms. The van der Waals surface area contributed by atoms with E-state index in [1.54, 1.807) is 6.08 Å². The Kier molecular flexibility index (Phi) is 4.31. The Morgan fingerprint density at radius 1 is 1.53 bits per heavy atom. The summed E-state index contributed by atoms with van der Waals surface area (Å²) in [6.07, 6.45) is 5.30. The number of piperidine rings is 1. The van der Waals surface area contributed by atoms with Gasteiger partial charge in [0.05, 0.1) is 10.7 Å². The molecule has 0 unspecified atom stereocenters. The van der Waals surface area contributed by atoms with Gasteiger partial charge in [0.15, 0.2) is 0 Å². The summed E-state index contributed by atoms with van der Waals surface area (Å²) in [4.78, 5) is 28.8. The standard InChI is InChI=1S/C13H16N2O3S/c1-9-14-10(8-19-9)5-6-12(16)15-7-3-2-4-11(15)13(17)18/h5-6,8,11H,2-4,7H2,1H3,(H,17,18)/b6-5-/t11-/m1/s1. The van der Waals surface area contributed by atoms with Crippen molar-refractivity contribution in [2.45, 2.75) is 32.2 Å². The number of rotatable bonds is 3. The summed E-state index contributed by atoms with van der Waals surface area (Å²) < 4.78 is 0. The SMILES string of the molecule is Cc1nc(/C=C\C(=O)N2CCCC[C@@H]2C(=O)O)cs1. The van der Waals surface area contributed by atoms with Crippen molar-refractivity contribution in [3.63, 3.8) is 0 Å². The molecule has 102 valence electrons. The second-order valence-corrected chi connectivity index (χ2v) is 5.57. The monoisotopic (exact) mass is 280 g/mol. The Bertz CT molecular complexity index is 510. The molecule has 1 saturated heterocycles. The van der Waals surface area contributed by atoms with Crippen LogP contribution in [0.3, 0.4) is 0 Å². The number of carboxylic acid groups (broad SMARTS) is 1. The minimum Gasteiger partial charge on any atom is -0.480 e. The lowest BCUT2D eigenvalue weighted by atomic mass is 10.0. The van der Waals surface area contributed by atoms with Crippen LogP contribution in [0.5, 0.6) is 0 Å². The van der Waals surface area contributed by atoms with E-state index in [2.05, 4.69) is 4.98 Å². The quantitative estimate of drug-likeness (QED) is 0.859. The molecule has 1 aliphatic heterocycles.